The summed E-state index contributed by atoms with van der Waals surface area (Å²) in [6.07, 6.45) is 1.38. The van der Waals surface area contributed by atoms with Crippen molar-refractivity contribution in [3.63, 3.8) is 0 Å². The SMILES string of the molecule is CC(C)[C@H](N)C(=O)N1CCC(CNC(=O)OC(C)(C)C)CC1. The van der Waals surface area contributed by atoms with Gasteiger partial charge in [-0.25, -0.2) is 4.79 Å². The molecule has 1 atom stereocenters. The molecule has 0 unspecified atom stereocenters. The molecular formula is C16H31N3O3. The van der Waals surface area contributed by atoms with Crippen LogP contribution in [0.2, 0.25) is 0 Å². The zero-order valence-corrected chi connectivity index (χ0v) is 14.5. The first-order valence-electron chi connectivity index (χ1n) is 8.11. The number of alkyl carbamates (subject to hydrolysis) is 1. The molecule has 22 heavy (non-hydrogen) atoms. The lowest BCUT2D eigenvalue weighted by Crippen LogP contribution is -2.50. The lowest BCUT2D eigenvalue weighted by atomic mass is 9.95. The maximum Gasteiger partial charge on any atom is 0.407 e. The van der Waals surface area contributed by atoms with Gasteiger partial charge in [-0.05, 0) is 45.4 Å². The van der Waals surface area contributed by atoms with Gasteiger partial charge in [-0.3, -0.25) is 4.79 Å². The van der Waals surface area contributed by atoms with Gasteiger partial charge >= 0.3 is 6.09 Å². The minimum Gasteiger partial charge on any atom is -0.444 e. The average Bonchev–Trinajstić information content (AvgIpc) is 2.42. The topological polar surface area (TPSA) is 84.7 Å². The minimum atomic E-state index is -0.479. The largest absolute Gasteiger partial charge is 0.444 e. The second kappa shape index (κ2) is 7.81. The maximum absolute atomic E-state index is 12.2. The number of carbonyl (C=O) groups is 2. The number of nitrogens with two attached hydrogens (primary N) is 1. The van der Waals surface area contributed by atoms with Crippen LogP contribution in [0.25, 0.3) is 0 Å². The molecule has 0 spiro atoms. The predicted molar refractivity (Wildman–Crippen MR) is 86.4 cm³/mol. The first kappa shape index (κ1) is 18.7. The van der Waals surface area contributed by atoms with E-state index in [1.165, 1.54) is 0 Å². The van der Waals surface area contributed by atoms with Gasteiger partial charge in [-0.15, -0.1) is 0 Å². The highest BCUT2D eigenvalue weighted by atomic mass is 16.6. The monoisotopic (exact) mass is 313 g/mol. The lowest BCUT2D eigenvalue weighted by Gasteiger charge is -2.34. The average molecular weight is 313 g/mol. The molecule has 1 heterocycles. The number of nitrogens with zero attached hydrogens (tertiary/aromatic N) is 1. The molecule has 0 aromatic carbocycles. The van der Waals surface area contributed by atoms with Crippen LogP contribution >= 0.6 is 0 Å². The van der Waals surface area contributed by atoms with Crippen molar-refractivity contribution in [2.24, 2.45) is 17.6 Å². The number of piperidine rings is 1. The van der Waals surface area contributed by atoms with Crippen LogP contribution in [0, 0.1) is 11.8 Å². The molecule has 0 radical (unpaired) electrons. The molecule has 6 heteroatoms. The molecule has 1 fully saturated rings. The Morgan fingerprint density at radius 3 is 2.27 bits per heavy atom. The summed E-state index contributed by atoms with van der Waals surface area (Å²) < 4.78 is 5.21. The quantitative estimate of drug-likeness (QED) is 0.828. The third-order valence-electron chi connectivity index (χ3n) is 3.86. The standard InChI is InChI=1S/C16H31N3O3/c1-11(2)13(17)14(20)19-8-6-12(7-9-19)10-18-15(21)22-16(3,4)5/h11-13H,6-10,17H2,1-5H3,(H,18,21)/t13-/m0/s1. The van der Waals surface area contributed by atoms with Gasteiger partial charge in [-0.1, -0.05) is 13.8 Å². The summed E-state index contributed by atoms with van der Waals surface area (Å²) >= 11 is 0. The molecule has 1 aliphatic heterocycles. The van der Waals surface area contributed by atoms with Crippen molar-refractivity contribution in [1.82, 2.24) is 10.2 Å². The Morgan fingerprint density at radius 1 is 1.27 bits per heavy atom. The van der Waals surface area contributed by atoms with Crippen LogP contribution in [0.4, 0.5) is 4.79 Å². The molecule has 1 rings (SSSR count). The smallest absolute Gasteiger partial charge is 0.407 e. The Kier molecular flexibility index (Phi) is 6.66. The third-order valence-corrected chi connectivity index (χ3v) is 3.86. The molecule has 1 aliphatic rings. The van der Waals surface area contributed by atoms with E-state index in [1.807, 2.05) is 39.5 Å². The number of likely N-dealkylation sites (tertiary alicyclic amines) is 1. The Hall–Kier alpha value is -1.30. The zero-order chi connectivity index (χ0) is 16.9. The van der Waals surface area contributed by atoms with Crippen molar-refractivity contribution in [1.29, 1.82) is 0 Å². The predicted octanol–water partition coefficient (Wildman–Crippen LogP) is 1.73. The third kappa shape index (κ3) is 6.22. The highest BCUT2D eigenvalue weighted by Gasteiger charge is 2.28. The summed E-state index contributed by atoms with van der Waals surface area (Å²) in [4.78, 5) is 25.6. The van der Waals surface area contributed by atoms with E-state index in [9.17, 15) is 9.59 Å². The van der Waals surface area contributed by atoms with Crippen molar-refractivity contribution in [3.05, 3.63) is 0 Å². The molecule has 0 aromatic rings. The van der Waals surface area contributed by atoms with Crippen LogP contribution in [-0.2, 0) is 9.53 Å². The first-order chi connectivity index (χ1) is 10.1. The van der Waals surface area contributed by atoms with E-state index >= 15 is 0 Å². The van der Waals surface area contributed by atoms with Crippen LogP contribution in [0.3, 0.4) is 0 Å². The Morgan fingerprint density at radius 2 is 1.82 bits per heavy atom. The Labute approximate surface area is 133 Å². The Balaban J connectivity index is 2.31. The van der Waals surface area contributed by atoms with E-state index in [-0.39, 0.29) is 17.9 Å². The highest BCUT2D eigenvalue weighted by molar-refractivity contribution is 5.82. The summed E-state index contributed by atoms with van der Waals surface area (Å²) in [5.41, 5.74) is 5.44. The van der Waals surface area contributed by atoms with E-state index in [4.69, 9.17) is 10.5 Å². The molecule has 2 amide bonds. The van der Waals surface area contributed by atoms with E-state index in [0.717, 1.165) is 12.8 Å². The van der Waals surface area contributed by atoms with Crippen molar-refractivity contribution in [2.75, 3.05) is 19.6 Å². The Bertz CT molecular complexity index is 383. The number of rotatable bonds is 4. The normalized spacial score (nSPS) is 18.2. The summed E-state index contributed by atoms with van der Waals surface area (Å²) in [5.74, 6) is 0.569. The van der Waals surface area contributed by atoms with Crippen LogP contribution in [-0.4, -0.2) is 48.2 Å². The summed E-state index contributed by atoms with van der Waals surface area (Å²) in [5, 5.41) is 2.80. The van der Waals surface area contributed by atoms with Crippen molar-refractivity contribution in [3.8, 4) is 0 Å². The van der Waals surface area contributed by atoms with Crippen molar-refractivity contribution < 1.29 is 14.3 Å². The van der Waals surface area contributed by atoms with E-state index in [1.54, 1.807) is 0 Å². The molecule has 128 valence electrons. The fourth-order valence-corrected chi connectivity index (χ4v) is 2.40. The van der Waals surface area contributed by atoms with Gasteiger partial charge < -0.3 is 20.7 Å². The first-order valence-corrected chi connectivity index (χ1v) is 8.11. The van der Waals surface area contributed by atoms with Crippen LogP contribution < -0.4 is 11.1 Å². The van der Waals surface area contributed by atoms with Gasteiger partial charge in [0, 0.05) is 19.6 Å². The molecule has 0 aliphatic carbocycles. The van der Waals surface area contributed by atoms with Gasteiger partial charge in [0.1, 0.15) is 5.60 Å². The minimum absolute atomic E-state index is 0.0357. The molecular weight excluding hydrogens is 282 g/mol. The van der Waals surface area contributed by atoms with Gasteiger partial charge in [0.05, 0.1) is 6.04 Å². The number of carbonyl (C=O) groups excluding carboxylic acids is 2. The molecule has 1 saturated heterocycles. The molecule has 0 bridgehead atoms. The van der Waals surface area contributed by atoms with E-state index in [2.05, 4.69) is 5.32 Å². The lowest BCUT2D eigenvalue weighted by molar-refractivity contribution is -0.134. The molecule has 0 saturated carbocycles. The van der Waals surface area contributed by atoms with Crippen LogP contribution in [0.5, 0.6) is 0 Å². The number of hydrogen-bond acceptors (Lipinski definition) is 4. The second-order valence-electron chi connectivity index (χ2n) is 7.42. The van der Waals surface area contributed by atoms with E-state index < -0.39 is 11.6 Å². The molecule has 0 aromatic heterocycles. The number of hydrogen-bond donors (Lipinski definition) is 2. The number of amides is 2. The van der Waals surface area contributed by atoms with Crippen molar-refractivity contribution >= 4 is 12.0 Å². The summed E-state index contributed by atoms with van der Waals surface area (Å²) in [7, 11) is 0. The fourth-order valence-electron chi connectivity index (χ4n) is 2.40. The highest BCUT2D eigenvalue weighted by Crippen LogP contribution is 2.18. The van der Waals surface area contributed by atoms with Gasteiger partial charge in [-0.2, -0.15) is 0 Å². The number of nitrogens with one attached hydrogen (secondary N) is 1. The second-order valence-corrected chi connectivity index (χ2v) is 7.42. The summed E-state index contributed by atoms with van der Waals surface area (Å²) in [6.45, 7) is 11.4. The van der Waals surface area contributed by atoms with Crippen LogP contribution in [0.15, 0.2) is 0 Å². The summed E-state index contributed by atoms with van der Waals surface area (Å²) in [6, 6.07) is -0.420. The van der Waals surface area contributed by atoms with Crippen LogP contribution in [0.1, 0.15) is 47.5 Å². The zero-order valence-electron chi connectivity index (χ0n) is 14.5. The molecule has 6 nitrogen and oxygen atoms in total. The van der Waals surface area contributed by atoms with E-state index in [0.29, 0.717) is 25.6 Å². The van der Waals surface area contributed by atoms with Crippen molar-refractivity contribution in [2.45, 2.75) is 59.1 Å². The number of ether oxygens (including phenoxy) is 1. The van der Waals surface area contributed by atoms with Gasteiger partial charge in [0.2, 0.25) is 5.91 Å². The maximum atomic E-state index is 12.2. The molecule has 3 N–H and O–H groups in total. The van der Waals surface area contributed by atoms with Gasteiger partial charge in [0.25, 0.3) is 0 Å². The fraction of sp³-hybridized carbons (Fsp3) is 0.875. The van der Waals surface area contributed by atoms with Gasteiger partial charge in [0.15, 0.2) is 0 Å².